The molecule has 1 N–H and O–H groups in total. The molecule has 23 heavy (non-hydrogen) atoms. The van der Waals surface area contributed by atoms with Crippen molar-refractivity contribution in [1.29, 1.82) is 0 Å². The van der Waals surface area contributed by atoms with Crippen LogP contribution in [0.25, 0.3) is 11.5 Å². The van der Waals surface area contributed by atoms with Crippen molar-refractivity contribution in [2.45, 2.75) is 0 Å². The number of amides is 1. The van der Waals surface area contributed by atoms with E-state index >= 15 is 0 Å². The van der Waals surface area contributed by atoms with Crippen LogP contribution in [0.2, 0.25) is 5.02 Å². The van der Waals surface area contributed by atoms with Gasteiger partial charge in [0.2, 0.25) is 5.82 Å². The van der Waals surface area contributed by atoms with E-state index in [2.05, 4.69) is 25.4 Å². The number of nitrogens with one attached hydrogen (secondary N) is 1. The van der Waals surface area contributed by atoms with Crippen LogP contribution in [0.3, 0.4) is 0 Å². The van der Waals surface area contributed by atoms with Crippen molar-refractivity contribution in [2.24, 2.45) is 0 Å². The zero-order chi connectivity index (χ0) is 16.2. The largest absolute Gasteiger partial charge is 0.495 e. The molecule has 0 fully saturated rings. The fraction of sp³-hybridized carbons (Fsp3) is 0.0714. The number of benzene rings is 1. The minimum atomic E-state index is -0.561. The van der Waals surface area contributed by atoms with Crippen LogP contribution in [-0.4, -0.2) is 33.1 Å². The fourth-order valence-electron chi connectivity index (χ4n) is 1.76. The number of nitrogens with zero attached hydrogens (tertiary/aromatic N) is 4. The summed E-state index contributed by atoms with van der Waals surface area (Å²) in [6, 6.07) is 4.83. The lowest BCUT2D eigenvalue weighted by atomic mass is 10.3. The number of rotatable bonds is 4. The van der Waals surface area contributed by atoms with Gasteiger partial charge < -0.3 is 14.6 Å². The maximum atomic E-state index is 12.1. The molecule has 116 valence electrons. The number of anilines is 1. The third-order valence-electron chi connectivity index (χ3n) is 2.82. The summed E-state index contributed by atoms with van der Waals surface area (Å²) >= 11 is 6.00. The van der Waals surface area contributed by atoms with E-state index in [-0.39, 0.29) is 11.7 Å². The van der Waals surface area contributed by atoms with E-state index in [9.17, 15) is 4.79 Å². The van der Waals surface area contributed by atoms with Crippen molar-refractivity contribution in [3.8, 4) is 17.3 Å². The molecule has 0 atom stereocenters. The SMILES string of the molecule is COc1ccc(NC(=O)c2nc(-c3cnccn3)no2)cc1Cl. The lowest BCUT2D eigenvalue weighted by Gasteiger charge is -2.06. The summed E-state index contributed by atoms with van der Waals surface area (Å²) in [5.41, 5.74) is 0.878. The van der Waals surface area contributed by atoms with Crippen molar-refractivity contribution in [3.05, 3.63) is 47.7 Å². The molecule has 8 nitrogen and oxygen atoms in total. The number of hydrogen-bond acceptors (Lipinski definition) is 7. The molecule has 0 aliphatic rings. The van der Waals surface area contributed by atoms with Gasteiger partial charge in [-0.1, -0.05) is 16.8 Å². The maximum absolute atomic E-state index is 12.1. The molecular weight excluding hydrogens is 322 g/mol. The van der Waals surface area contributed by atoms with E-state index in [1.807, 2.05) is 0 Å². The molecule has 0 bridgehead atoms. The Morgan fingerprint density at radius 1 is 1.35 bits per heavy atom. The summed E-state index contributed by atoms with van der Waals surface area (Å²) in [5, 5.41) is 6.67. The van der Waals surface area contributed by atoms with Crippen molar-refractivity contribution in [1.82, 2.24) is 20.1 Å². The number of aromatic nitrogens is 4. The number of hydrogen-bond donors (Lipinski definition) is 1. The summed E-state index contributed by atoms with van der Waals surface area (Å²) in [7, 11) is 1.51. The first-order valence-corrected chi connectivity index (χ1v) is 6.80. The van der Waals surface area contributed by atoms with Crippen molar-refractivity contribution < 1.29 is 14.1 Å². The molecule has 3 aromatic rings. The van der Waals surface area contributed by atoms with Crippen LogP contribution in [0, 0.1) is 0 Å². The lowest BCUT2D eigenvalue weighted by Crippen LogP contribution is -2.12. The van der Waals surface area contributed by atoms with Crippen LogP contribution in [0.4, 0.5) is 5.69 Å². The highest BCUT2D eigenvalue weighted by atomic mass is 35.5. The molecule has 0 aliphatic heterocycles. The average molecular weight is 332 g/mol. The Balaban J connectivity index is 1.76. The zero-order valence-electron chi connectivity index (χ0n) is 11.9. The van der Waals surface area contributed by atoms with Crippen LogP contribution in [0.1, 0.15) is 10.7 Å². The third kappa shape index (κ3) is 3.27. The number of ether oxygens (including phenoxy) is 1. The number of halogens is 1. The Morgan fingerprint density at radius 3 is 2.91 bits per heavy atom. The molecule has 0 aliphatic carbocycles. The molecule has 3 rings (SSSR count). The van der Waals surface area contributed by atoms with Gasteiger partial charge >= 0.3 is 11.8 Å². The van der Waals surface area contributed by atoms with E-state index in [0.29, 0.717) is 22.2 Å². The summed E-state index contributed by atoms with van der Waals surface area (Å²) in [6.07, 6.45) is 4.48. The van der Waals surface area contributed by atoms with Crippen LogP contribution >= 0.6 is 11.6 Å². The highest BCUT2D eigenvalue weighted by Gasteiger charge is 2.17. The number of carbonyl (C=O) groups excluding carboxylic acids is 1. The molecule has 2 heterocycles. The Hall–Kier alpha value is -3.00. The van der Waals surface area contributed by atoms with Gasteiger partial charge in [-0.05, 0) is 18.2 Å². The molecular formula is C14H10ClN5O3. The molecule has 0 spiro atoms. The second kappa shape index (κ2) is 6.41. The molecule has 1 amide bonds. The third-order valence-corrected chi connectivity index (χ3v) is 3.12. The molecule has 1 aromatic carbocycles. The topological polar surface area (TPSA) is 103 Å². The highest BCUT2D eigenvalue weighted by molar-refractivity contribution is 6.32. The van der Waals surface area contributed by atoms with Gasteiger partial charge in [-0.3, -0.25) is 9.78 Å². The first-order chi connectivity index (χ1) is 11.2. The Bertz CT molecular complexity index is 837. The van der Waals surface area contributed by atoms with Gasteiger partial charge in [0.05, 0.1) is 18.3 Å². The first-order valence-electron chi connectivity index (χ1n) is 6.42. The van der Waals surface area contributed by atoms with Gasteiger partial charge in [0.1, 0.15) is 11.4 Å². The summed E-state index contributed by atoms with van der Waals surface area (Å²) in [4.78, 5) is 24.0. The van der Waals surface area contributed by atoms with Gasteiger partial charge in [0.15, 0.2) is 0 Å². The van der Waals surface area contributed by atoms with E-state index < -0.39 is 5.91 Å². The summed E-state index contributed by atoms with van der Waals surface area (Å²) < 4.78 is 9.97. The van der Waals surface area contributed by atoms with Crippen molar-refractivity contribution >= 4 is 23.2 Å². The normalized spacial score (nSPS) is 10.3. The zero-order valence-corrected chi connectivity index (χ0v) is 12.6. The highest BCUT2D eigenvalue weighted by Crippen LogP contribution is 2.27. The second-order valence-corrected chi connectivity index (χ2v) is 4.72. The predicted octanol–water partition coefficient (Wildman–Crippen LogP) is 2.44. The van der Waals surface area contributed by atoms with Crippen LogP contribution in [-0.2, 0) is 0 Å². The quantitative estimate of drug-likeness (QED) is 0.783. The van der Waals surface area contributed by atoms with Crippen LogP contribution in [0.15, 0.2) is 41.3 Å². The monoisotopic (exact) mass is 331 g/mol. The Labute approximate surface area is 135 Å². The second-order valence-electron chi connectivity index (χ2n) is 4.32. The first kappa shape index (κ1) is 14.9. The fourth-order valence-corrected chi connectivity index (χ4v) is 2.02. The van der Waals surface area contributed by atoms with Gasteiger partial charge in [-0.2, -0.15) is 4.98 Å². The van der Waals surface area contributed by atoms with Gasteiger partial charge in [0.25, 0.3) is 0 Å². The van der Waals surface area contributed by atoms with Crippen molar-refractivity contribution in [2.75, 3.05) is 12.4 Å². The smallest absolute Gasteiger partial charge is 0.316 e. The van der Waals surface area contributed by atoms with Crippen LogP contribution < -0.4 is 10.1 Å². The van der Waals surface area contributed by atoms with E-state index in [1.165, 1.54) is 25.7 Å². The summed E-state index contributed by atoms with van der Waals surface area (Å²) in [5.74, 6) is -0.0742. The Morgan fingerprint density at radius 2 is 2.22 bits per heavy atom. The average Bonchev–Trinajstić information content (AvgIpc) is 3.06. The van der Waals surface area contributed by atoms with Crippen molar-refractivity contribution in [3.63, 3.8) is 0 Å². The molecule has 0 saturated heterocycles. The molecule has 0 saturated carbocycles. The van der Waals surface area contributed by atoms with Gasteiger partial charge in [0, 0.05) is 18.1 Å². The standard InChI is InChI=1S/C14H10ClN5O3/c1-22-11-3-2-8(6-9(11)15)18-13(21)14-19-12(20-23-14)10-7-16-4-5-17-10/h2-7H,1H3,(H,18,21). The molecule has 0 unspecified atom stereocenters. The van der Waals surface area contributed by atoms with E-state index in [0.717, 1.165) is 0 Å². The van der Waals surface area contributed by atoms with Crippen LogP contribution in [0.5, 0.6) is 5.75 Å². The molecule has 0 radical (unpaired) electrons. The predicted molar refractivity (Wildman–Crippen MR) is 81.3 cm³/mol. The van der Waals surface area contributed by atoms with Gasteiger partial charge in [-0.25, -0.2) is 4.98 Å². The molecule has 9 heteroatoms. The number of methoxy groups -OCH3 is 1. The number of carbonyl (C=O) groups is 1. The van der Waals surface area contributed by atoms with E-state index in [4.69, 9.17) is 20.9 Å². The maximum Gasteiger partial charge on any atom is 0.316 e. The van der Waals surface area contributed by atoms with E-state index in [1.54, 1.807) is 18.2 Å². The van der Waals surface area contributed by atoms with Gasteiger partial charge in [-0.15, -0.1) is 0 Å². The molecule has 2 aromatic heterocycles. The minimum Gasteiger partial charge on any atom is -0.495 e. The Kier molecular flexibility index (Phi) is 4.15. The minimum absolute atomic E-state index is 0.177. The lowest BCUT2D eigenvalue weighted by molar-refractivity contribution is 0.0981. The summed E-state index contributed by atoms with van der Waals surface area (Å²) in [6.45, 7) is 0.